The Hall–Kier alpha value is -0.820. The summed E-state index contributed by atoms with van der Waals surface area (Å²) in [4.78, 5) is 0. The smallest absolute Gasteiger partial charge is 0.0351 e. The van der Waals surface area contributed by atoms with Gasteiger partial charge in [-0.2, -0.15) is 0 Å². The first-order valence-electron chi connectivity index (χ1n) is 6.77. The third kappa shape index (κ3) is 3.57. The summed E-state index contributed by atoms with van der Waals surface area (Å²) in [6.45, 7) is 14.6. The molecule has 1 rings (SSSR count). The zero-order valence-electron chi connectivity index (χ0n) is 12.2. The van der Waals surface area contributed by atoms with Crippen LogP contribution in [0.2, 0.25) is 0 Å². The Labute approximate surface area is 107 Å². The fourth-order valence-electron chi connectivity index (χ4n) is 2.28. The molecule has 1 nitrogen and oxygen atoms in total. The molecule has 96 valence electrons. The van der Waals surface area contributed by atoms with Crippen LogP contribution in [0.4, 0.5) is 0 Å². The van der Waals surface area contributed by atoms with Crippen molar-refractivity contribution in [3.05, 3.63) is 34.9 Å². The fourth-order valence-corrected chi connectivity index (χ4v) is 2.28. The summed E-state index contributed by atoms with van der Waals surface area (Å²) in [5.74, 6) is 1.34. The van der Waals surface area contributed by atoms with Crippen molar-refractivity contribution < 1.29 is 0 Å². The van der Waals surface area contributed by atoms with E-state index in [0.717, 1.165) is 6.54 Å². The van der Waals surface area contributed by atoms with Crippen molar-refractivity contribution in [1.82, 2.24) is 5.32 Å². The van der Waals surface area contributed by atoms with Crippen molar-refractivity contribution in [3.8, 4) is 0 Å². The van der Waals surface area contributed by atoms with E-state index in [-0.39, 0.29) is 0 Å². The molecule has 0 aliphatic rings. The molecule has 0 heterocycles. The molecule has 1 N–H and O–H groups in total. The number of hydrogen-bond acceptors (Lipinski definition) is 1. The number of rotatable bonds is 5. The summed E-state index contributed by atoms with van der Waals surface area (Å²) in [6, 6.07) is 7.24. The predicted octanol–water partition coefficient (Wildman–Crippen LogP) is 4.25. The lowest BCUT2D eigenvalue weighted by atomic mass is 9.84. The number of nitrogens with one attached hydrogen (secondary N) is 1. The van der Waals surface area contributed by atoms with Crippen LogP contribution < -0.4 is 5.32 Å². The highest BCUT2D eigenvalue weighted by Crippen LogP contribution is 2.30. The number of aryl methyl sites for hydroxylation is 2. The maximum atomic E-state index is 3.65. The first kappa shape index (κ1) is 14.2. The van der Waals surface area contributed by atoms with Crippen molar-refractivity contribution in [1.29, 1.82) is 0 Å². The minimum atomic E-state index is 0.472. The van der Waals surface area contributed by atoms with Crippen LogP contribution in [0.5, 0.6) is 0 Å². The van der Waals surface area contributed by atoms with Gasteiger partial charge in [0.15, 0.2) is 0 Å². The highest BCUT2D eigenvalue weighted by Gasteiger charge is 2.22. The average molecular weight is 233 g/mol. The van der Waals surface area contributed by atoms with Crippen molar-refractivity contribution in [2.24, 2.45) is 11.8 Å². The molecule has 0 aliphatic carbocycles. The van der Waals surface area contributed by atoms with Gasteiger partial charge in [0.25, 0.3) is 0 Å². The van der Waals surface area contributed by atoms with Crippen LogP contribution in [0, 0.1) is 25.7 Å². The van der Waals surface area contributed by atoms with Crippen LogP contribution in [-0.2, 0) is 0 Å². The minimum Gasteiger partial charge on any atom is -0.310 e. The van der Waals surface area contributed by atoms with Crippen LogP contribution in [0.25, 0.3) is 0 Å². The Morgan fingerprint density at radius 1 is 1.12 bits per heavy atom. The Bertz CT molecular complexity index is 355. The summed E-state index contributed by atoms with van der Waals surface area (Å²) in [5.41, 5.74) is 4.21. The van der Waals surface area contributed by atoms with Crippen LogP contribution in [0.3, 0.4) is 0 Å². The molecule has 0 fully saturated rings. The zero-order valence-corrected chi connectivity index (χ0v) is 12.2. The third-order valence-corrected chi connectivity index (χ3v) is 3.77. The second-order valence-electron chi connectivity index (χ2n) is 5.50. The van der Waals surface area contributed by atoms with E-state index in [1.165, 1.54) is 16.7 Å². The third-order valence-electron chi connectivity index (χ3n) is 3.77. The molecular weight excluding hydrogens is 206 g/mol. The van der Waals surface area contributed by atoms with E-state index in [0.29, 0.717) is 17.9 Å². The maximum absolute atomic E-state index is 3.65. The normalized spacial score (nSPS) is 15.0. The summed E-state index contributed by atoms with van der Waals surface area (Å²) < 4.78 is 0. The molecule has 1 aromatic rings. The Morgan fingerprint density at radius 2 is 1.76 bits per heavy atom. The quantitative estimate of drug-likeness (QED) is 0.802. The van der Waals surface area contributed by atoms with Crippen LogP contribution in [0.1, 0.15) is 50.4 Å². The van der Waals surface area contributed by atoms with Crippen molar-refractivity contribution in [2.75, 3.05) is 6.54 Å². The van der Waals surface area contributed by atoms with Crippen LogP contribution >= 0.6 is 0 Å². The SMILES string of the molecule is CCNC(c1cc(C)ccc1C)C(C)C(C)C. The molecule has 1 aromatic carbocycles. The monoisotopic (exact) mass is 233 g/mol. The van der Waals surface area contributed by atoms with Gasteiger partial charge in [0.05, 0.1) is 0 Å². The number of benzene rings is 1. The van der Waals surface area contributed by atoms with Gasteiger partial charge >= 0.3 is 0 Å². The molecule has 0 aromatic heterocycles. The molecule has 0 spiro atoms. The Morgan fingerprint density at radius 3 is 2.29 bits per heavy atom. The zero-order chi connectivity index (χ0) is 13.0. The molecular formula is C16H27N. The predicted molar refractivity (Wildman–Crippen MR) is 76.3 cm³/mol. The topological polar surface area (TPSA) is 12.0 Å². The minimum absolute atomic E-state index is 0.472. The molecule has 0 saturated carbocycles. The van der Waals surface area contributed by atoms with Crippen molar-refractivity contribution in [3.63, 3.8) is 0 Å². The highest BCUT2D eigenvalue weighted by molar-refractivity contribution is 5.33. The van der Waals surface area contributed by atoms with Crippen molar-refractivity contribution >= 4 is 0 Å². The van der Waals surface area contributed by atoms with Crippen LogP contribution in [0.15, 0.2) is 18.2 Å². The lowest BCUT2D eigenvalue weighted by Crippen LogP contribution is -2.30. The summed E-state index contributed by atoms with van der Waals surface area (Å²) in [7, 11) is 0. The number of hydrogen-bond donors (Lipinski definition) is 1. The summed E-state index contributed by atoms with van der Waals surface area (Å²) in [5, 5.41) is 3.65. The summed E-state index contributed by atoms with van der Waals surface area (Å²) >= 11 is 0. The molecule has 0 radical (unpaired) electrons. The highest BCUT2D eigenvalue weighted by atomic mass is 14.9. The average Bonchev–Trinajstić information content (AvgIpc) is 2.28. The van der Waals surface area contributed by atoms with E-state index in [4.69, 9.17) is 0 Å². The molecule has 0 amide bonds. The Balaban J connectivity index is 3.08. The standard InChI is InChI=1S/C16H27N/c1-7-17-16(14(6)11(2)3)15-10-12(4)8-9-13(15)5/h8-11,14,16-17H,7H2,1-6H3. The van der Waals surface area contributed by atoms with Gasteiger partial charge in [-0.1, -0.05) is 51.5 Å². The molecule has 2 atom stereocenters. The van der Waals surface area contributed by atoms with Gasteiger partial charge in [-0.15, -0.1) is 0 Å². The van der Waals surface area contributed by atoms with Gasteiger partial charge in [0.1, 0.15) is 0 Å². The molecule has 0 bridgehead atoms. The van der Waals surface area contributed by atoms with Crippen molar-refractivity contribution in [2.45, 2.75) is 47.6 Å². The van der Waals surface area contributed by atoms with E-state index in [1.807, 2.05) is 0 Å². The van der Waals surface area contributed by atoms with Gasteiger partial charge in [0, 0.05) is 6.04 Å². The van der Waals surface area contributed by atoms with Gasteiger partial charge in [-0.05, 0) is 43.4 Å². The maximum Gasteiger partial charge on any atom is 0.0351 e. The van der Waals surface area contributed by atoms with E-state index in [1.54, 1.807) is 0 Å². The fraction of sp³-hybridized carbons (Fsp3) is 0.625. The molecule has 0 saturated heterocycles. The summed E-state index contributed by atoms with van der Waals surface area (Å²) in [6.07, 6.45) is 0. The van der Waals surface area contributed by atoms with Gasteiger partial charge < -0.3 is 5.32 Å². The van der Waals surface area contributed by atoms with E-state index in [2.05, 4.69) is 65.1 Å². The molecule has 1 heteroatoms. The first-order chi connectivity index (χ1) is 7.97. The molecule has 0 aliphatic heterocycles. The van der Waals surface area contributed by atoms with Gasteiger partial charge in [-0.25, -0.2) is 0 Å². The molecule has 2 unspecified atom stereocenters. The van der Waals surface area contributed by atoms with E-state index < -0.39 is 0 Å². The second kappa shape index (κ2) is 6.20. The van der Waals surface area contributed by atoms with E-state index in [9.17, 15) is 0 Å². The lowest BCUT2D eigenvalue weighted by molar-refractivity contribution is 0.306. The van der Waals surface area contributed by atoms with Gasteiger partial charge in [0.2, 0.25) is 0 Å². The first-order valence-corrected chi connectivity index (χ1v) is 6.77. The van der Waals surface area contributed by atoms with Gasteiger partial charge in [-0.3, -0.25) is 0 Å². The largest absolute Gasteiger partial charge is 0.310 e. The second-order valence-corrected chi connectivity index (χ2v) is 5.50. The lowest BCUT2D eigenvalue weighted by Gasteiger charge is -2.29. The van der Waals surface area contributed by atoms with E-state index >= 15 is 0 Å². The molecule has 17 heavy (non-hydrogen) atoms. The Kier molecular flexibility index (Phi) is 5.20. The van der Waals surface area contributed by atoms with Crippen LogP contribution in [-0.4, -0.2) is 6.54 Å².